The number of nitrogens with zero attached hydrogens (tertiary/aromatic N) is 2. The van der Waals surface area contributed by atoms with E-state index in [-0.39, 0.29) is 11.1 Å². The molecule has 31 heavy (non-hydrogen) atoms. The van der Waals surface area contributed by atoms with E-state index in [1.807, 2.05) is 0 Å². The lowest BCUT2D eigenvalue weighted by molar-refractivity contribution is -0.117. The molecule has 0 saturated heterocycles. The number of hydrogen-bond acceptors (Lipinski definition) is 3. The van der Waals surface area contributed by atoms with E-state index in [0.29, 0.717) is 22.3 Å². The molecule has 0 radical (unpaired) electrons. The number of carbonyl (C=O) groups is 1. The second kappa shape index (κ2) is 7.21. The van der Waals surface area contributed by atoms with Gasteiger partial charge in [0, 0.05) is 16.8 Å². The molecule has 1 aliphatic rings. The summed E-state index contributed by atoms with van der Waals surface area (Å²) in [6, 6.07) is 14.2. The summed E-state index contributed by atoms with van der Waals surface area (Å²) in [5.74, 6) is -2.92. The molecule has 0 aliphatic carbocycles. The Morgan fingerprint density at radius 1 is 1.03 bits per heavy atom. The molecule has 1 amide bonds. The minimum absolute atomic E-state index is 0.140. The van der Waals surface area contributed by atoms with Gasteiger partial charge in [0.2, 0.25) is 0 Å². The normalized spacial score (nSPS) is 16.5. The molecule has 1 aliphatic heterocycles. The van der Waals surface area contributed by atoms with E-state index in [0.717, 1.165) is 12.1 Å². The number of imidazole rings is 1. The predicted octanol–water partition coefficient (Wildman–Crippen LogP) is 5.55. The molecule has 1 unspecified atom stereocenters. The first-order valence-electron chi connectivity index (χ1n) is 9.36. The molecule has 5 rings (SSSR count). The number of carbonyl (C=O) groups excluding carboxylic acids is 1. The number of halogens is 3. The van der Waals surface area contributed by atoms with Crippen LogP contribution in [0.25, 0.3) is 16.6 Å². The van der Waals surface area contributed by atoms with E-state index in [4.69, 9.17) is 11.6 Å². The summed E-state index contributed by atoms with van der Waals surface area (Å²) in [5, 5.41) is 10.4. The fraction of sp³-hybridized carbons (Fsp3) is 0.0435. The first kappa shape index (κ1) is 19.3. The van der Waals surface area contributed by atoms with Crippen LogP contribution in [0.15, 0.2) is 72.8 Å². The zero-order valence-electron chi connectivity index (χ0n) is 15.8. The number of hydrogen-bond donors (Lipinski definition) is 2. The van der Waals surface area contributed by atoms with Crippen LogP contribution in [0.3, 0.4) is 0 Å². The van der Waals surface area contributed by atoms with E-state index in [1.54, 1.807) is 48.5 Å². The SMILES string of the molecule is O=C1C(O)=C(c2ccccc2)C(c2c(F)ccc(F)c2Cl)N1c1ccc2nc[nH]c2c1. The third-order valence-corrected chi connectivity index (χ3v) is 5.71. The molecule has 0 saturated carbocycles. The fourth-order valence-corrected chi connectivity index (χ4v) is 4.18. The smallest absolute Gasteiger partial charge is 0.294 e. The topological polar surface area (TPSA) is 69.2 Å². The Bertz CT molecular complexity index is 1370. The second-order valence-corrected chi connectivity index (χ2v) is 7.44. The number of aliphatic hydroxyl groups excluding tert-OH is 1. The lowest BCUT2D eigenvalue weighted by Gasteiger charge is -2.28. The molecule has 2 heterocycles. The van der Waals surface area contributed by atoms with Gasteiger partial charge in [-0.25, -0.2) is 13.8 Å². The number of H-pyrrole nitrogens is 1. The predicted molar refractivity (Wildman–Crippen MR) is 114 cm³/mol. The van der Waals surface area contributed by atoms with E-state index in [1.165, 1.54) is 11.2 Å². The maximum Gasteiger partial charge on any atom is 0.294 e. The van der Waals surface area contributed by atoms with Crippen molar-refractivity contribution in [2.24, 2.45) is 0 Å². The zero-order chi connectivity index (χ0) is 21.7. The van der Waals surface area contributed by atoms with E-state index < -0.39 is 34.4 Å². The van der Waals surface area contributed by atoms with Gasteiger partial charge in [-0.3, -0.25) is 9.69 Å². The van der Waals surface area contributed by atoms with Gasteiger partial charge < -0.3 is 10.1 Å². The average molecular weight is 438 g/mol. The Labute approximate surface area is 180 Å². The van der Waals surface area contributed by atoms with Gasteiger partial charge in [-0.05, 0) is 35.9 Å². The van der Waals surface area contributed by atoms with Crippen molar-refractivity contribution >= 4 is 39.8 Å². The van der Waals surface area contributed by atoms with Crippen molar-refractivity contribution in [3.8, 4) is 0 Å². The Balaban J connectivity index is 1.78. The van der Waals surface area contributed by atoms with Gasteiger partial charge in [0.05, 0.1) is 28.4 Å². The van der Waals surface area contributed by atoms with Crippen molar-refractivity contribution in [1.82, 2.24) is 9.97 Å². The van der Waals surface area contributed by atoms with E-state index in [2.05, 4.69) is 9.97 Å². The van der Waals surface area contributed by atoms with Gasteiger partial charge in [-0.1, -0.05) is 41.9 Å². The minimum Gasteiger partial charge on any atom is -0.503 e. The molecule has 154 valence electrons. The molecule has 1 aromatic heterocycles. The number of aromatic amines is 1. The number of benzene rings is 3. The van der Waals surface area contributed by atoms with Crippen molar-refractivity contribution in [1.29, 1.82) is 0 Å². The molecular formula is C23H14ClF2N3O2. The Hall–Kier alpha value is -3.71. The van der Waals surface area contributed by atoms with Crippen LogP contribution in [0, 0.1) is 11.6 Å². The van der Waals surface area contributed by atoms with Crippen LogP contribution < -0.4 is 4.90 Å². The third-order valence-electron chi connectivity index (χ3n) is 5.33. The molecular weight excluding hydrogens is 424 g/mol. The molecule has 5 nitrogen and oxygen atoms in total. The molecule has 2 N–H and O–H groups in total. The van der Waals surface area contributed by atoms with Crippen LogP contribution >= 0.6 is 11.6 Å². The number of rotatable bonds is 3. The van der Waals surface area contributed by atoms with Crippen LogP contribution in [0.4, 0.5) is 14.5 Å². The average Bonchev–Trinajstić information content (AvgIpc) is 3.34. The molecule has 1 atom stereocenters. The summed E-state index contributed by atoms with van der Waals surface area (Å²) in [5.41, 5.74) is 2.07. The fourth-order valence-electron chi connectivity index (χ4n) is 3.92. The zero-order valence-corrected chi connectivity index (χ0v) is 16.6. The Morgan fingerprint density at radius 2 is 1.77 bits per heavy atom. The number of amides is 1. The molecule has 3 aromatic carbocycles. The summed E-state index contributed by atoms with van der Waals surface area (Å²) >= 11 is 6.18. The first-order valence-corrected chi connectivity index (χ1v) is 9.74. The summed E-state index contributed by atoms with van der Waals surface area (Å²) in [7, 11) is 0. The van der Waals surface area contributed by atoms with Gasteiger partial charge in [0.1, 0.15) is 11.6 Å². The monoisotopic (exact) mass is 437 g/mol. The van der Waals surface area contributed by atoms with Crippen molar-refractivity contribution in [3.63, 3.8) is 0 Å². The van der Waals surface area contributed by atoms with Gasteiger partial charge in [-0.15, -0.1) is 0 Å². The standard InChI is InChI=1S/C23H14ClF2N3O2/c24-20-15(26)8-7-14(25)19(20)21-18(12-4-2-1-3-5-12)22(30)23(31)29(21)13-6-9-16-17(10-13)28-11-27-16/h1-11,21,30H,(H,27,28). The van der Waals surface area contributed by atoms with Crippen molar-refractivity contribution in [2.75, 3.05) is 4.90 Å². The molecule has 0 spiro atoms. The van der Waals surface area contributed by atoms with E-state index >= 15 is 4.39 Å². The van der Waals surface area contributed by atoms with Gasteiger partial charge in [0.15, 0.2) is 5.76 Å². The van der Waals surface area contributed by atoms with Crippen LogP contribution in [0.2, 0.25) is 5.02 Å². The highest BCUT2D eigenvalue weighted by Gasteiger charge is 2.44. The van der Waals surface area contributed by atoms with Gasteiger partial charge in [-0.2, -0.15) is 0 Å². The highest BCUT2D eigenvalue weighted by atomic mass is 35.5. The van der Waals surface area contributed by atoms with Crippen LogP contribution in [0.1, 0.15) is 17.2 Å². The largest absolute Gasteiger partial charge is 0.503 e. The minimum atomic E-state index is -1.18. The maximum atomic E-state index is 15.0. The van der Waals surface area contributed by atoms with Crippen LogP contribution in [0.5, 0.6) is 0 Å². The molecule has 0 bridgehead atoms. The lowest BCUT2D eigenvalue weighted by Crippen LogP contribution is -2.31. The number of nitrogens with one attached hydrogen (secondary N) is 1. The van der Waals surface area contributed by atoms with Crippen molar-refractivity contribution < 1.29 is 18.7 Å². The number of fused-ring (bicyclic) bond motifs is 1. The summed E-state index contributed by atoms with van der Waals surface area (Å²) in [6.45, 7) is 0. The van der Waals surface area contributed by atoms with Crippen molar-refractivity contribution in [2.45, 2.75) is 6.04 Å². The maximum absolute atomic E-state index is 15.0. The molecule has 4 aromatic rings. The molecule has 0 fully saturated rings. The summed E-state index contributed by atoms with van der Waals surface area (Å²) < 4.78 is 29.3. The molecule has 8 heteroatoms. The summed E-state index contributed by atoms with van der Waals surface area (Å²) in [4.78, 5) is 21.5. The highest BCUT2D eigenvalue weighted by molar-refractivity contribution is 6.32. The quantitative estimate of drug-likeness (QED) is 0.413. The second-order valence-electron chi connectivity index (χ2n) is 7.07. The van der Waals surface area contributed by atoms with Crippen LogP contribution in [-0.2, 0) is 4.79 Å². The lowest BCUT2D eigenvalue weighted by atomic mass is 9.92. The third kappa shape index (κ3) is 2.97. The van der Waals surface area contributed by atoms with Crippen LogP contribution in [-0.4, -0.2) is 21.0 Å². The number of aromatic nitrogens is 2. The van der Waals surface area contributed by atoms with E-state index in [9.17, 15) is 14.3 Å². The Morgan fingerprint density at radius 3 is 2.55 bits per heavy atom. The number of anilines is 1. The number of aliphatic hydroxyl groups is 1. The highest BCUT2D eigenvalue weighted by Crippen LogP contribution is 2.48. The van der Waals surface area contributed by atoms with Crippen molar-refractivity contribution in [3.05, 3.63) is 101 Å². The summed E-state index contributed by atoms with van der Waals surface area (Å²) in [6.07, 6.45) is 1.51. The van der Waals surface area contributed by atoms with Gasteiger partial charge >= 0.3 is 0 Å². The van der Waals surface area contributed by atoms with Gasteiger partial charge in [0.25, 0.3) is 5.91 Å². The first-order chi connectivity index (χ1) is 15.0. The Kier molecular flexibility index (Phi) is 4.48.